The molecule has 4 nitrogen and oxygen atoms in total. The van der Waals surface area contributed by atoms with Gasteiger partial charge >= 0.3 is 0 Å². The minimum absolute atomic E-state index is 0.585. The smallest absolute Gasteiger partial charge is 0.226 e. The largest absolute Gasteiger partial charge is 0.339 e. The molecule has 15 heavy (non-hydrogen) atoms. The molecular weight excluding hydrogens is 190 g/mol. The van der Waals surface area contributed by atoms with E-state index in [0.29, 0.717) is 13.0 Å². The highest BCUT2D eigenvalue weighted by Crippen LogP contribution is 2.28. The first kappa shape index (κ1) is 10.6. The zero-order valence-corrected chi connectivity index (χ0v) is 9.11. The molecule has 0 bridgehead atoms. The molecule has 4 heteroatoms. The van der Waals surface area contributed by atoms with Gasteiger partial charge in [-0.05, 0) is 18.9 Å². The quantitative estimate of drug-likeness (QED) is 0.801. The summed E-state index contributed by atoms with van der Waals surface area (Å²) in [6, 6.07) is 0. The van der Waals surface area contributed by atoms with E-state index < -0.39 is 0 Å². The topological polar surface area (TPSA) is 64.9 Å². The van der Waals surface area contributed by atoms with Crippen LogP contribution in [0.4, 0.5) is 0 Å². The summed E-state index contributed by atoms with van der Waals surface area (Å²) in [5.74, 6) is 2.42. The Kier molecular flexibility index (Phi) is 3.72. The average molecular weight is 209 g/mol. The van der Waals surface area contributed by atoms with E-state index in [0.717, 1.165) is 24.1 Å². The molecule has 0 atom stereocenters. The van der Waals surface area contributed by atoms with Crippen molar-refractivity contribution in [3.8, 4) is 0 Å². The monoisotopic (exact) mass is 209 g/mol. The maximum Gasteiger partial charge on any atom is 0.226 e. The average Bonchev–Trinajstić information content (AvgIpc) is 2.85. The van der Waals surface area contributed by atoms with E-state index in [1.807, 2.05) is 0 Å². The Morgan fingerprint density at radius 3 is 2.80 bits per heavy atom. The molecule has 1 aromatic rings. The van der Waals surface area contributed by atoms with Crippen molar-refractivity contribution < 1.29 is 4.52 Å². The lowest BCUT2D eigenvalue weighted by Crippen LogP contribution is -2.04. The van der Waals surface area contributed by atoms with Gasteiger partial charge in [0.1, 0.15) is 0 Å². The van der Waals surface area contributed by atoms with E-state index >= 15 is 0 Å². The summed E-state index contributed by atoms with van der Waals surface area (Å²) in [6.45, 7) is 0.585. The first-order valence-electron chi connectivity index (χ1n) is 5.90. The van der Waals surface area contributed by atoms with Gasteiger partial charge in [-0.25, -0.2) is 0 Å². The van der Waals surface area contributed by atoms with Crippen LogP contribution in [0, 0.1) is 5.92 Å². The number of nitrogens with zero attached hydrogens (tertiary/aromatic N) is 2. The molecule has 0 spiro atoms. The van der Waals surface area contributed by atoms with Crippen molar-refractivity contribution >= 4 is 0 Å². The molecule has 1 fully saturated rings. The Hall–Kier alpha value is -0.900. The molecule has 1 heterocycles. The van der Waals surface area contributed by atoms with Crippen molar-refractivity contribution in [1.29, 1.82) is 0 Å². The van der Waals surface area contributed by atoms with Crippen LogP contribution in [0.1, 0.15) is 43.8 Å². The summed E-state index contributed by atoms with van der Waals surface area (Å²) in [7, 11) is 0. The highest BCUT2D eigenvalue weighted by molar-refractivity contribution is 4.87. The Labute approximate surface area is 90.2 Å². The third-order valence-corrected chi connectivity index (χ3v) is 3.12. The zero-order valence-electron chi connectivity index (χ0n) is 9.11. The molecule has 1 aliphatic carbocycles. The van der Waals surface area contributed by atoms with Crippen LogP contribution in [0.5, 0.6) is 0 Å². The van der Waals surface area contributed by atoms with Crippen molar-refractivity contribution in [2.24, 2.45) is 11.7 Å². The lowest BCUT2D eigenvalue weighted by atomic mass is 10.0. The van der Waals surface area contributed by atoms with Crippen LogP contribution in [-0.4, -0.2) is 16.7 Å². The molecule has 1 aliphatic rings. The molecule has 0 aromatic carbocycles. The third-order valence-electron chi connectivity index (χ3n) is 3.12. The van der Waals surface area contributed by atoms with Gasteiger partial charge in [-0.2, -0.15) is 4.98 Å². The number of rotatable bonds is 5. The summed E-state index contributed by atoms with van der Waals surface area (Å²) >= 11 is 0. The fraction of sp³-hybridized carbons (Fsp3) is 0.818. The summed E-state index contributed by atoms with van der Waals surface area (Å²) in [5.41, 5.74) is 5.42. The van der Waals surface area contributed by atoms with Crippen LogP contribution >= 0.6 is 0 Å². The van der Waals surface area contributed by atoms with E-state index in [1.165, 1.54) is 32.1 Å². The van der Waals surface area contributed by atoms with Crippen LogP contribution in [0.15, 0.2) is 4.52 Å². The van der Waals surface area contributed by atoms with E-state index in [-0.39, 0.29) is 0 Å². The Bertz CT molecular complexity index is 292. The second-order valence-corrected chi connectivity index (χ2v) is 4.33. The number of aryl methyl sites for hydroxylation is 1. The van der Waals surface area contributed by atoms with Crippen LogP contribution in [-0.2, 0) is 12.8 Å². The van der Waals surface area contributed by atoms with Gasteiger partial charge < -0.3 is 10.3 Å². The summed E-state index contributed by atoms with van der Waals surface area (Å²) in [5, 5.41) is 3.89. The van der Waals surface area contributed by atoms with Crippen molar-refractivity contribution in [3.05, 3.63) is 11.7 Å². The Morgan fingerprint density at radius 1 is 1.27 bits per heavy atom. The van der Waals surface area contributed by atoms with Gasteiger partial charge in [0, 0.05) is 12.8 Å². The molecule has 1 saturated carbocycles. The van der Waals surface area contributed by atoms with Crippen LogP contribution in [0.2, 0.25) is 0 Å². The zero-order chi connectivity index (χ0) is 10.5. The second-order valence-electron chi connectivity index (χ2n) is 4.33. The number of hydrogen-bond donors (Lipinski definition) is 1. The summed E-state index contributed by atoms with van der Waals surface area (Å²) in [6.07, 6.45) is 8.40. The van der Waals surface area contributed by atoms with Crippen LogP contribution in [0.25, 0.3) is 0 Å². The molecule has 84 valence electrons. The number of aromatic nitrogens is 2. The van der Waals surface area contributed by atoms with E-state index in [9.17, 15) is 0 Å². The van der Waals surface area contributed by atoms with Crippen molar-refractivity contribution in [1.82, 2.24) is 10.1 Å². The molecule has 0 radical (unpaired) electrons. The van der Waals surface area contributed by atoms with Gasteiger partial charge in [-0.15, -0.1) is 0 Å². The summed E-state index contributed by atoms with van der Waals surface area (Å²) < 4.78 is 5.16. The van der Waals surface area contributed by atoms with Crippen LogP contribution < -0.4 is 5.73 Å². The van der Waals surface area contributed by atoms with Gasteiger partial charge in [0.2, 0.25) is 5.89 Å². The van der Waals surface area contributed by atoms with Gasteiger partial charge in [0.25, 0.3) is 0 Å². The highest BCUT2D eigenvalue weighted by Gasteiger charge is 2.16. The van der Waals surface area contributed by atoms with E-state index in [2.05, 4.69) is 10.1 Å². The van der Waals surface area contributed by atoms with Crippen LogP contribution in [0.3, 0.4) is 0 Å². The lowest BCUT2D eigenvalue weighted by molar-refractivity contribution is 0.358. The first-order chi connectivity index (χ1) is 7.38. The number of nitrogens with two attached hydrogens (primary N) is 1. The molecule has 0 unspecified atom stereocenters. The summed E-state index contributed by atoms with van der Waals surface area (Å²) in [4.78, 5) is 4.30. The van der Waals surface area contributed by atoms with Gasteiger partial charge in [-0.3, -0.25) is 0 Å². The Morgan fingerprint density at radius 2 is 2.07 bits per heavy atom. The molecule has 0 amide bonds. The molecule has 0 aliphatic heterocycles. The molecule has 1 aromatic heterocycles. The Balaban J connectivity index is 1.77. The predicted octanol–water partition coefficient (Wildman–Crippen LogP) is 1.69. The van der Waals surface area contributed by atoms with Gasteiger partial charge in [0.15, 0.2) is 5.82 Å². The minimum atomic E-state index is 0.585. The molecular formula is C11H19N3O. The van der Waals surface area contributed by atoms with E-state index in [4.69, 9.17) is 10.3 Å². The maximum atomic E-state index is 5.42. The highest BCUT2D eigenvalue weighted by atomic mass is 16.5. The fourth-order valence-electron chi connectivity index (χ4n) is 2.25. The third kappa shape index (κ3) is 3.02. The standard InChI is InChI=1S/C11H19N3O/c12-8-7-10-13-11(15-14-10)6-5-9-3-1-2-4-9/h9H,1-8,12H2. The maximum absolute atomic E-state index is 5.42. The normalized spacial score (nSPS) is 17.4. The molecule has 2 rings (SSSR count). The predicted molar refractivity (Wildman–Crippen MR) is 57.3 cm³/mol. The van der Waals surface area contributed by atoms with E-state index in [1.54, 1.807) is 0 Å². The fourth-order valence-corrected chi connectivity index (χ4v) is 2.25. The lowest BCUT2D eigenvalue weighted by Gasteiger charge is -2.04. The number of hydrogen-bond acceptors (Lipinski definition) is 4. The molecule has 2 N–H and O–H groups in total. The van der Waals surface area contributed by atoms with Crippen molar-refractivity contribution in [2.75, 3.05) is 6.54 Å². The van der Waals surface area contributed by atoms with Gasteiger partial charge in [0.05, 0.1) is 0 Å². The SMILES string of the molecule is NCCc1noc(CCC2CCCC2)n1. The van der Waals surface area contributed by atoms with Crippen molar-refractivity contribution in [3.63, 3.8) is 0 Å². The van der Waals surface area contributed by atoms with Crippen molar-refractivity contribution in [2.45, 2.75) is 44.9 Å². The molecule has 0 saturated heterocycles. The minimum Gasteiger partial charge on any atom is -0.339 e. The van der Waals surface area contributed by atoms with Gasteiger partial charge in [-0.1, -0.05) is 30.8 Å². The first-order valence-corrected chi connectivity index (χ1v) is 5.90. The second kappa shape index (κ2) is 5.26.